The van der Waals surface area contributed by atoms with Crippen LogP contribution in [0, 0.1) is 6.92 Å². The van der Waals surface area contributed by atoms with E-state index in [1.54, 1.807) is 28.8 Å². The van der Waals surface area contributed by atoms with E-state index in [1.807, 2.05) is 6.92 Å². The van der Waals surface area contributed by atoms with E-state index < -0.39 is 6.43 Å². The third-order valence-electron chi connectivity index (χ3n) is 3.00. The Labute approximate surface area is 118 Å². The van der Waals surface area contributed by atoms with Gasteiger partial charge in [0.1, 0.15) is 16.5 Å². The third kappa shape index (κ3) is 2.14. The molecule has 0 amide bonds. The Morgan fingerprint density at radius 2 is 2.05 bits per heavy atom. The number of hydrogen-bond acceptors (Lipinski definition) is 2. The molecule has 0 aliphatic heterocycles. The van der Waals surface area contributed by atoms with E-state index in [-0.39, 0.29) is 5.69 Å². The van der Waals surface area contributed by atoms with Crippen molar-refractivity contribution in [2.24, 2.45) is 0 Å². The zero-order chi connectivity index (χ0) is 14.3. The fourth-order valence-electron chi connectivity index (χ4n) is 2.12. The predicted molar refractivity (Wildman–Crippen MR) is 73.1 cm³/mol. The highest BCUT2D eigenvalue weighted by Crippen LogP contribution is 2.29. The first-order valence-electron chi connectivity index (χ1n) is 5.95. The summed E-state index contributed by atoms with van der Waals surface area (Å²) in [5.41, 5.74) is 2.58. The summed E-state index contributed by atoms with van der Waals surface area (Å²) in [5.74, 6) is 0. The van der Waals surface area contributed by atoms with E-state index in [1.165, 1.54) is 12.3 Å². The van der Waals surface area contributed by atoms with Crippen LogP contribution in [0.25, 0.3) is 16.8 Å². The number of pyridine rings is 2. The quantitative estimate of drug-likeness (QED) is 0.660. The van der Waals surface area contributed by atoms with Crippen LogP contribution in [0.1, 0.15) is 17.8 Å². The van der Waals surface area contributed by atoms with Crippen molar-refractivity contribution in [3.63, 3.8) is 0 Å². The summed E-state index contributed by atoms with van der Waals surface area (Å²) >= 11 is 6.10. The summed E-state index contributed by atoms with van der Waals surface area (Å²) in [5, 5.41) is 0.521. The summed E-state index contributed by atoms with van der Waals surface area (Å²) in [7, 11) is 0. The third-order valence-corrected chi connectivity index (χ3v) is 3.31. The molecule has 102 valence electrons. The minimum absolute atomic E-state index is 0.251. The van der Waals surface area contributed by atoms with Gasteiger partial charge >= 0.3 is 0 Å². The van der Waals surface area contributed by atoms with E-state index >= 15 is 0 Å². The fourth-order valence-corrected chi connectivity index (χ4v) is 2.31. The zero-order valence-electron chi connectivity index (χ0n) is 10.5. The highest BCUT2D eigenvalue weighted by atomic mass is 35.5. The van der Waals surface area contributed by atoms with E-state index in [2.05, 4.69) is 9.97 Å². The zero-order valence-corrected chi connectivity index (χ0v) is 11.3. The maximum absolute atomic E-state index is 12.7. The molecule has 0 aliphatic carbocycles. The molecular formula is C14H10ClF2N3. The number of rotatable bonds is 2. The van der Waals surface area contributed by atoms with E-state index in [0.29, 0.717) is 16.4 Å². The van der Waals surface area contributed by atoms with Crippen molar-refractivity contribution in [1.29, 1.82) is 0 Å². The van der Waals surface area contributed by atoms with E-state index in [0.717, 1.165) is 11.3 Å². The van der Waals surface area contributed by atoms with Crippen LogP contribution in [0.5, 0.6) is 0 Å². The number of aromatic nitrogens is 3. The standard InChI is InChI=1S/C14H10ClF2N3/c1-8-7-20-12(15)3-2-10(14(20)19-8)9-4-5-18-11(6-9)13(16)17/h2-7,13H,1H3. The van der Waals surface area contributed by atoms with Crippen LogP contribution in [0.15, 0.2) is 36.7 Å². The Balaban J connectivity index is 2.24. The molecule has 3 heterocycles. The maximum atomic E-state index is 12.7. The van der Waals surface area contributed by atoms with Gasteiger partial charge in [0, 0.05) is 18.0 Å². The molecule has 3 nitrogen and oxygen atoms in total. The summed E-state index contributed by atoms with van der Waals surface area (Å²) in [6.45, 7) is 1.85. The van der Waals surface area contributed by atoms with Gasteiger partial charge in [0.15, 0.2) is 0 Å². The lowest BCUT2D eigenvalue weighted by Crippen LogP contribution is -1.93. The molecule has 20 heavy (non-hydrogen) atoms. The first-order chi connectivity index (χ1) is 9.56. The summed E-state index contributed by atoms with van der Waals surface area (Å²) in [6.07, 6.45) is 0.577. The average molecular weight is 294 g/mol. The number of alkyl halides is 2. The molecule has 0 N–H and O–H groups in total. The second-order valence-corrected chi connectivity index (χ2v) is 4.80. The Kier molecular flexibility index (Phi) is 3.14. The predicted octanol–water partition coefficient (Wildman–Crippen LogP) is 4.30. The number of hydrogen-bond donors (Lipinski definition) is 0. The molecule has 3 aromatic rings. The van der Waals surface area contributed by atoms with E-state index in [4.69, 9.17) is 11.6 Å². The molecule has 0 unspecified atom stereocenters. The Morgan fingerprint density at radius 1 is 1.25 bits per heavy atom. The van der Waals surface area contributed by atoms with Crippen molar-refractivity contribution in [2.45, 2.75) is 13.3 Å². The van der Waals surface area contributed by atoms with Crippen molar-refractivity contribution in [3.8, 4) is 11.1 Å². The van der Waals surface area contributed by atoms with Crippen LogP contribution in [0.3, 0.4) is 0 Å². The lowest BCUT2D eigenvalue weighted by Gasteiger charge is -2.07. The van der Waals surface area contributed by atoms with Gasteiger partial charge in [-0.25, -0.2) is 13.8 Å². The maximum Gasteiger partial charge on any atom is 0.280 e. The first kappa shape index (κ1) is 13.0. The monoisotopic (exact) mass is 293 g/mol. The Morgan fingerprint density at radius 3 is 2.80 bits per heavy atom. The van der Waals surface area contributed by atoms with Gasteiger partial charge in [0.25, 0.3) is 6.43 Å². The molecule has 6 heteroatoms. The molecule has 0 fully saturated rings. The molecule has 3 aromatic heterocycles. The minimum Gasteiger partial charge on any atom is -0.289 e. The van der Waals surface area contributed by atoms with Crippen LogP contribution in [-0.4, -0.2) is 14.4 Å². The van der Waals surface area contributed by atoms with Gasteiger partial charge < -0.3 is 0 Å². The highest BCUT2D eigenvalue weighted by molar-refractivity contribution is 6.29. The summed E-state index contributed by atoms with van der Waals surface area (Å²) < 4.78 is 27.2. The van der Waals surface area contributed by atoms with Gasteiger partial charge in [-0.3, -0.25) is 9.38 Å². The smallest absolute Gasteiger partial charge is 0.280 e. The molecule has 0 atom stereocenters. The van der Waals surface area contributed by atoms with Crippen LogP contribution >= 0.6 is 11.6 Å². The van der Waals surface area contributed by atoms with Gasteiger partial charge in [-0.15, -0.1) is 0 Å². The average Bonchev–Trinajstić information content (AvgIpc) is 2.82. The van der Waals surface area contributed by atoms with Gasteiger partial charge in [-0.05, 0) is 36.8 Å². The van der Waals surface area contributed by atoms with Crippen molar-refractivity contribution >= 4 is 17.2 Å². The van der Waals surface area contributed by atoms with Gasteiger partial charge in [-0.1, -0.05) is 11.6 Å². The lowest BCUT2D eigenvalue weighted by atomic mass is 10.1. The first-order valence-corrected chi connectivity index (χ1v) is 6.33. The SMILES string of the molecule is Cc1cn2c(Cl)ccc(-c3ccnc(C(F)F)c3)c2n1. The number of imidazole rings is 1. The molecule has 0 bridgehead atoms. The molecular weight excluding hydrogens is 284 g/mol. The van der Waals surface area contributed by atoms with Crippen LogP contribution in [0.4, 0.5) is 8.78 Å². The largest absolute Gasteiger partial charge is 0.289 e. The molecule has 0 aliphatic rings. The van der Waals surface area contributed by atoms with Crippen LogP contribution in [-0.2, 0) is 0 Å². The van der Waals surface area contributed by atoms with Crippen LogP contribution < -0.4 is 0 Å². The van der Waals surface area contributed by atoms with Crippen molar-refractivity contribution in [3.05, 3.63) is 53.2 Å². The fraction of sp³-hybridized carbons (Fsp3) is 0.143. The van der Waals surface area contributed by atoms with Gasteiger partial charge in [0.2, 0.25) is 0 Å². The normalized spacial score (nSPS) is 11.4. The molecule has 0 spiro atoms. The number of aryl methyl sites for hydroxylation is 1. The van der Waals surface area contributed by atoms with Gasteiger partial charge in [0.05, 0.1) is 5.69 Å². The second kappa shape index (κ2) is 4.83. The molecule has 0 radical (unpaired) electrons. The number of fused-ring (bicyclic) bond motifs is 1. The molecule has 0 saturated carbocycles. The molecule has 3 rings (SSSR count). The summed E-state index contributed by atoms with van der Waals surface area (Å²) in [6, 6.07) is 6.54. The summed E-state index contributed by atoms with van der Waals surface area (Å²) in [4.78, 5) is 8.06. The Hall–Kier alpha value is -2.01. The second-order valence-electron chi connectivity index (χ2n) is 4.42. The van der Waals surface area contributed by atoms with E-state index in [9.17, 15) is 8.78 Å². The number of halogens is 3. The molecule has 0 saturated heterocycles. The number of nitrogens with zero attached hydrogens (tertiary/aromatic N) is 3. The van der Waals surface area contributed by atoms with Gasteiger partial charge in [-0.2, -0.15) is 0 Å². The Bertz CT molecular complexity index is 783. The van der Waals surface area contributed by atoms with Crippen molar-refractivity contribution in [2.75, 3.05) is 0 Å². The highest BCUT2D eigenvalue weighted by Gasteiger charge is 2.13. The van der Waals surface area contributed by atoms with Crippen LogP contribution in [0.2, 0.25) is 5.15 Å². The lowest BCUT2D eigenvalue weighted by molar-refractivity contribution is 0.146. The topological polar surface area (TPSA) is 30.2 Å². The van der Waals surface area contributed by atoms with Crippen molar-refractivity contribution in [1.82, 2.24) is 14.4 Å². The molecule has 0 aromatic carbocycles. The minimum atomic E-state index is -2.60. The van der Waals surface area contributed by atoms with Crippen molar-refractivity contribution < 1.29 is 8.78 Å².